The number of rotatable bonds is 8. The summed E-state index contributed by atoms with van der Waals surface area (Å²) in [6.45, 7) is 1.89. The highest BCUT2D eigenvalue weighted by molar-refractivity contribution is 6.30. The van der Waals surface area contributed by atoms with Crippen molar-refractivity contribution in [3.63, 3.8) is 0 Å². The van der Waals surface area contributed by atoms with Crippen LogP contribution >= 0.6 is 11.6 Å². The van der Waals surface area contributed by atoms with Gasteiger partial charge in [0.15, 0.2) is 11.6 Å². The smallest absolute Gasteiger partial charge is 0.335 e. The van der Waals surface area contributed by atoms with E-state index in [-0.39, 0.29) is 29.0 Å². The Morgan fingerprint density at radius 3 is 2.53 bits per heavy atom. The van der Waals surface area contributed by atoms with Gasteiger partial charge in [-0.15, -0.1) is 0 Å². The summed E-state index contributed by atoms with van der Waals surface area (Å²) < 4.78 is 22.3. The number of ether oxygens (including phenoxy) is 1. The van der Waals surface area contributed by atoms with Crippen molar-refractivity contribution in [2.75, 3.05) is 0 Å². The van der Waals surface area contributed by atoms with Crippen LogP contribution in [0.15, 0.2) is 88.9 Å². The summed E-state index contributed by atoms with van der Waals surface area (Å²) >= 11 is 6.17. The number of pyridine rings is 1. The molecule has 4 rings (SSSR count). The number of hydrogen-bond donors (Lipinski definition) is 2. The Morgan fingerprint density at radius 1 is 1.08 bits per heavy atom. The van der Waals surface area contributed by atoms with E-state index in [0.717, 1.165) is 11.1 Å². The molecule has 0 radical (unpaired) electrons. The molecule has 3 aromatic carbocycles. The van der Waals surface area contributed by atoms with Gasteiger partial charge in [-0.25, -0.2) is 9.18 Å². The second-order valence-corrected chi connectivity index (χ2v) is 9.23. The van der Waals surface area contributed by atoms with Crippen molar-refractivity contribution in [1.29, 1.82) is 0 Å². The Balaban J connectivity index is 1.72. The van der Waals surface area contributed by atoms with E-state index in [2.05, 4.69) is 5.16 Å². The van der Waals surface area contributed by atoms with Crippen molar-refractivity contribution in [2.24, 2.45) is 12.2 Å². The molecule has 0 spiro atoms. The Kier molecular flexibility index (Phi) is 7.93. The zero-order valence-corrected chi connectivity index (χ0v) is 21.3. The van der Waals surface area contributed by atoms with Crippen LogP contribution in [0.1, 0.15) is 45.0 Å². The molecule has 0 saturated carbocycles. The van der Waals surface area contributed by atoms with Crippen LogP contribution in [0.3, 0.4) is 0 Å². The molecule has 38 heavy (non-hydrogen) atoms. The molecule has 1 atom stereocenters. The second-order valence-electron chi connectivity index (χ2n) is 8.80. The Bertz CT molecular complexity index is 1600. The predicted octanol–water partition coefficient (Wildman–Crippen LogP) is 6.38. The lowest BCUT2D eigenvalue weighted by Gasteiger charge is -2.22. The summed E-state index contributed by atoms with van der Waals surface area (Å²) in [6, 6.07) is 18.6. The van der Waals surface area contributed by atoms with Crippen LogP contribution in [0.25, 0.3) is 0 Å². The molecule has 7 nitrogen and oxygen atoms in total. The number of carbonyl (C=O) groups is 1. The molecule has 0 aliphatic rings. The monoisotopic (exact) mass is 534 g/mol. The van der Waals surface area contributed by atoms with Gasteiger partial charge in [-0.05, 0) is 72.1 Å². The molecule has 1 heterocycles. The third-order valence-electron chi connectivity index (χ3n) is 6.21. The quantitative estimate of drug-likeness (QED) is 0.155. The molecule has 0 saturated heterocycles. The van der Waals surface area contributed by atoms with Crippen molar-refractivity contribution in [1.82, 2.24) is 4.57 Å². The van der Waals surface area contributed by atoms with Gasteiger partial charge in [-0.1, -0.05) is 35.0 Å². The Morgan fingerprint density at radius 2 is 1.87 bits per heavy atom. The molecule has 2 N–H and O–H groups in total. The Labute approximate surface area is 223 Å². The van der Waals surface area contributed by atoms with Crippen molar-refractivity contribution < 1.29 is 24.2 Å². The van der Waals surface area contributed by atoms with Gasteiger partial charge in [-0.3, -0.25) is 4.79 Å². The minimum Gasteiger partial charge on any atom is -0.478 e. The number of benzene rings is 3. The SMILES string of the molecule is Cc1cc(Cl)ccc1C(C/C(=N\O)c1ccc(=O)n(C)c1)c1ccc(Oc2cccc(C(=O)O)c2)c(F)c1. The van der Waals surface area contributed by atoms with Crippen LogP contribution in [-0.4, -0.2) is 26.6 Å². The topological polar surface area (TPSA) is 101 Å². The molecule has 0 aliphatic heterocycles. The normalized spacial score (nSPS) is 12.3. The van der Waals surface area contributed by atoms with Gasteiger partial charge in [0.25, 0.3) is 0 Å². The zero-order chi connectivity index (χ0) is 27.4. The van der Waals surface area contributed by atoms with Crippen molar-refractivity contribution in [2.45, 2.75) is 19.3 Å². The highest BCUT2D eigenvalue weighted by Gasteiger charge is 2.22. The van der Waals surface area contributed by atoms with E-state index < -0.39 is 17.7 Å². The molecule has 0 fully saturated rings. The van der Waals surface area contributed by atoms with Crippen LogP contribution in [0.5, 0.6) is 11.5 Å². The van der Waals surface area contributed by atoms with Crippen molar-refractivity contribution in [3.05, 3.63) is 128 Å². The number of carboxylic acids is 1. The summed E-state index contributed by atoms with van der Waals surface area (Å²) in [7, 11) is 1.60. The number of aromatic carboxylic acids is 1. The maximum Gasteiger partial charge on any atom is 0.335 e. The average molecular weight is 535 g/mol. The molecule has 1 aromatic heterocycles. The fourth-order valence-electron chi connectivity index (χ4n) is 4.25. The molecule has 0 bridgehead atoms. The van der Waals surface area contributed by atoms with Gasteiger partial charge >= 0.3 is 5.97 Å². The lowest BCUT2D eigenvalue weighted by molar-refractivity contribution is 0.0696. The largest absolute Gasteiger partial charge is 0.478 e. The maximum atomic E-state index is 15.3. The van der Waals surface area contributed by atoms with E-state index in [1.165, 1.54) is 47.0 Å². The predicted molar refractivity (Wildman–Crippen MR) is 143 cm³/mol. The summed E-state index contributed by atoms with van der Waals surface area (Å²) in [5, 5.41) is 23.1. The third kappa shape index (κ3) is 5.92. The van der Waals surface area contributed by atoms with Crippen molar-refractivity contribution >= 4 is 23.3 Å². The van der Waals surface area contributed by atoms with E-state index in [0.29, 0.717) is 21.9 Å². The third-order valence-corrected chi connectivity index (χ3v) is 6.45. The number of hydrogen-bond acceptors (Lipinski definition) is 5. The first-order chi connectivity index (χ1) is 18.2. The summed E-state index contributed by atoms with van der Waals surface area (Å²) in [5.41, 5.74) is 2.98. The van der Waals surface area contributed by atoms with Crippen LogP contribution in [-0.2, 0) is 7.05 Å². The maximum absolute atomic E-state index is 15.3. The first-order valence-electron chi connectivity index (χ1n) is 11.6. The van der Waals surface area contributed by atoms with Gasteiger partial charge in [-0.2, -0.15) is 0 Å². The van der Waals surface area contributed by atoms with Gasteiger partial charge in [0, 0.05) is 42.2 Å². The molecule has 1 unspecified atom stereocenters. The van der Waals surface area contributed by atoms with Crippen LogP contribution in [0.2, 0.25) is 5.02 Å². The molecular weight excluding hydrogens is 511 g/mol. The first kappa shape index (κ1) is 26.6. The van der Waals surface area contributed by atoms with Crippen LogP contribution in [0.4, 0.5) is 4.39 Å². The number of halogens is 2. The van der Waals surface area contributed by atoms with Crippen LogP contribution in [0, 0.1) is 12.7 Å². The lowest BCUT2D eigenvalue weighted by atomic mass is 9.83. The summed E-state index contributed by atoms with van der Waals surface area (Å²) in [4.78, 5) is 23.1. The standard InChI is InChI=1S/C29H24ClFN2O5/c1-17-12-21(30)8-9-23(17)24(15-26(32-37)20-7-11-28(34)33(2)16-20)18-6-10-27(25(31)14-18)38-22-5-3-4-19(13-22)29(35)36/h3-14,16,24,37H,15H2,1-2H3,(H,35,36)/b32-26+. The minimum atomic E-state index is -1.12. The molecular formula is C29H24ClFN2O5. The lowest BCUT2D eigenvalue weighted by Crippen LogP contribution is -2.18. The number of aromatic nitrogens is 1. The first-order valence-corrected chi connectivity index (χ1v) is 12.0. The van der Waals surface area contributed by atoms with E-state index >= 15 is 4.39 Å². The van der Waals surface area contributed by atoms with Gasteiger partial charge < -0.3 is 19.6 Å². The molecule has 0 amide bonds. The zero-order valence-electron chi connectivity index (χ0n) is 20.6. The fraction of sp³-hybridized carbons (Fsp3) is 0.138. The summed E-state index contributed by atoms with van der Waals surface area (Å²) in [6.07, 6.45) is 1.77. The van der Waals surface area contributed by atoms with E-state index in [9.17, 15) is 19.9 Å². The van der Waals surface area contributed by atoms with Crippen molar-refractivity contribution in [3.8, 4) is 11.5 Å². The number of oxime groups is 1. The number of nitrogens with zero attached hydrogens (tertiary/aromatic N) is 2. The van der Waals surface area contributed by atoms with E-state index in [1.54, 1.807) is 37.5 Å². The molecule has 9 heteroatoms. The molecule has 0 aliphatic carbocycles. The van der Waals surface area contributed by atoms with Gasteiger partial charge in [0.05, 0.1) is 11.3 Å². The highest BCUT2D eigenvalue weighted by Crippen LogP contribution is 2.36. The fourth-order valence-corrected chi connectivity index (χ4v) is 4.47. The molecule has 194 valence electrons. The van der Waals surface area contributed by atoms with E-state index in [4.69, 9.17) is 16.3 Å². The Hall–Kier alpha value is -4.43. The second kappa shape index (κ2) is 11.3. The molecule has 4 aromatic rings. The van der Waals surface area contributed by atoms with Crippen LogP contribution < -0.4 is 10.3 Å². The van der Waals surface area contributed by atoms with E-state index in [1.807, 2.05) is 13.0 Å². The van der Waals surface area contributed by atoms with Gasteiger partial charge in [0.2, 0.25) is 5.56 Å². The minimum absolute atomic E-state index is 0.0204. The number of aryl methyl sites for hydroxylation is 2. The average Bonchev–Trinajstić information content (AvgIpc) is 2.88. The van der Waals surface area contributed by atoms with Gasteiger partial charge in [0.1, 0.15) is 5.75 Å². The number of carboxylic acid groups (broad SMARTS) is 1. The highest BCUT2D eigenvalue weighted by atomic mass is 35.5. The summed E-state index contributed by atoms with van der Waals surface area (Å²) in [5.74, 6) is -2.09.